The molecule has 0 aliphatic heterocycles. The fraction of sp³-hybridized carbons (Fsp3) is 0.294. The molecule has 0 saturated heterocycles. The van der Waals surface area contributed by atoms with Gasteiger partial charge >= 0.3 is 0 Å². The number of nitrogens with two attached hydrogens (primary N) is 1. The lowest BCUT2D eigenvalue weighted by Crippen LogP contribution is -2.13. The van der Waals surface area contributed by atoms with Crippen molar-refractivity contribution in [3.8, 4) is 0 Å². The SMILES string of the molecule is CCCC(=O)N=c1cc(N)c2ncc3cc(C(=O)CCO)[nH]c1c32. The lowest BCUT2D eigenvalue weighted by molar-refractivity contribution is -0.118. The molecule has 0 radical (unpaired) electrons. The van der Waals surface area contributed by atoms with Crippen LogP contribution in [0.25, 0.3) is 21.8 Å². The van der Waals surface area contributed by atoms with Crippen LogP contribution >= 0.6 is 0 Å². The number of benzene rings is 1. The first-order valence-corrected chi connectivity index (χ1v) is 7.80. The topological polar surface area (TPSA) is 121 Å². The smallest absolute Gasteiger partial charge is 0.246 e. The van der Waals surface area contributed by atoms with Crippen LogP contribution in [0.5, 0.6) is 0 Å². The molecular weight excluding hydrogens is 308 g/mol. The molecule has 0 fully saturated rings. The number of aromatic amines is 1. The van der Waals surface area contributed by atoms with Crippen molar-refractivity contribution in [2.75, 3.05) is 12.3 Å². The van der Waals surface area contributed by atoms with E-state index in [1.54, 1.807) is 18.3 Å². The Labute approximate surface area is 137 Å². The van der Waals surface area contributed by atoms with E-state index in [2.05, 4.69) is 15.0 Å². The molecule has 0 bridgehead atoms. The molecule has 4 N–H and O–H groups in total. The Morgan fingerprint density at radius 1 is 1.33 bits per heavy atom. The first-order valence-electron chi connectivity index (χ1n) is 7.80. The molecule has 124 valence electrons. The molecule has 2 heterocycles. The predicted molar refractivity (Wildman–Crippen MR) is 90.7 cm³/mol. The van der Waals surface area contributed by atoms with Gasteiger partial charge in [0, 0.05) is 29.8 Å². The Morgan fingerprint density at radius 2 is 2.12 bits per heavy atom. The zero-order valence-electron chi connectivity index (χ0n) is 13.3. The van der Waals surface area contributed by atoms with Crippen LogP contribution in [0.1, 0.15) is 36.7 Å². The number of nitrogens with one attached hydrogen (secondary N) is 1. The number of pyridine rings is 1. The number of amides is 1. The minimum atomic E-state index is -0.242. The summed E-state index contributed by atoms with van der Waals surface area (Å²) in [5.74, 6) is -0.465. The van der Waals surface area contributed by atoms with Crippen molar-refractivity contribution in [2.45, 2.75) is 26.2 Å². The molecule has 7 nitrogen and oxygen atoms in total. The van der Waals surface area contributed by atoms with Crippen molar-refractivity contribution in [1.82, 2.24) is 9.97 Å². The summed E-state index contributed by atoms with van der Waals surface area (Å²) in [6.45, 7) is 1.67. The largest absolute Gasteiger partial charge is 0.397 e. The number of H-pyrrole nitrogens is 1. The maximum absolute atomic E-state index is 12.1. The normalized spacial score (nSPS) is 12.3. The first-order chi connectivity index (χ1) is 11.5. The van der Waals surface area contributed by atoms with E-state index in [-0.39, 0.29) is 24.7 Å². The van der Waals surface area contributed by atoms with Crippen LogP contribution in [-0.4, -0.2) is 33.4 Å². The number of anilines is 1. The van der Waals surface area contributed by atoms with Gasteiger partial charge in [0.05, 0.1) is 34.4 Å². The number of nitrogen functional groups attached to an aromatic ring is 1. The minimum Gasteiger partial charge on any atom is -0.397 e. The van der Waals surface area contributed by atoms with Crippen LogP contribution in [0.4, 0.5) is 5.69 Å². The first kappa shape index (κ1) is 16.1. The van der Waals surface area contributed by atoms with E-state index in [9.17, 15) is 9.59 Å². The van der Waals surface area contributed by atoms with Crippen LogP contribution in [0, 0.1) is 0 Å². The summed E-state index contributed by atoms with van der Waals surface area (Å²) in [5.41, 5.74) is 7.97. The lowest BCUT2D eigenvalue weighted by atomic mass is 10.1. The predicted octanol–water partition coefficient (Wildman–Crippen LogP) is 1.53. The fourth-order valence-corrected chi connectivity index (χ4v) is 2.74. The molecule has 0 unspecified atom stereocenters. The molecule has 2 aromatic heterocycles. The average Bonchev–Trinajstić information content (AvgIpc) is 2.97. The van der Waals surface area contributed by atoms with Gasteiger partial charge in [0.15, 0.2) is 5.78 Å². The fourth-order valence-electron chi connectivity index (χ4n) is 2.74. The quantitative estimate of drug-likeness (QED) is 0.485. The van der Waals surface area contributed by atoms with Crippen LogP contribution in [0.2, 0.25) is 0 Å². The molecule has 7 heteroatoms. The number of nitrogens with zero attached hydrogens (tertiary/aromatic N) is 2. The highest BCUT2D eigenvalue weighted by Crippen LogP contribution is 2.27. The number of ketones is 1. The summed E-state index contributed by atoms with van der Waals surface area (Å²) in [6.07, 6.45) is 2.69. The van der Waals surface area contributed by atoms with E-state index in [0.29, 0.717) is 40.6 Å². The summed E-state index contributed by atoms with van der Waals surface area (Å²) in [5, 5.41) is 10.9. The summed E-state index contributed by atoms with van der Waals surface area (Å²) >= 11 is 0. The van der Waals surface area contributed by atoms with Crippen LogP contribution in [-0.2, 0) is 4.79 Å². The Bertz CT molecular complexity index is 991. The van der Waals surface area contributed by atoms with E-state index >= 15 is 0 Å². The van der Waals surface area contributed by atoms with Crippen molar-refractivity contribution in [1.29, 1.82) is 0 Å². The summed E-state index contributed by atoms with van der Waals surface area (Å²) in [4.78, 5) is 35.5. The van der Waals surface area contributed by atoms with Crippen LogP contribution in [0.15, 0.2) is 23.3 Å². The number of rotatable bonds is 5. The van der Waals surface area contributed by atoms with Gasteiger partial charge in [-0.1, -0.05) is 6.92 Å². The molecule has 0 aliphatic rings. The second-order valence-corrected chi connectivity index (χ2v) is 5.63. The number of carbonyl (C=O) groups is 2. The van der Waals surface area contributed by atoms with Gasteiger partial charge in [-0.05, 0) is 18.6 Å². The van der Waals surface area contributed by atoms with Gasteiger partial charge in [-0.2, -0.15) is 0 Å². The van der Waals surface area contributed by atoms with Crippen molar-refractivity contribution < 1.29 is 14.7 Å². The van der Waals surface area contributed by atoms with Crippen molar-refractivity contribution in [2.24, 2.45) is 4.99 Å². The molecule has 1 aromatic carbocycles. The van der Waals surface area contributed by atoms with Crippen LogP contribution < -0.4 is 11.1 Å². The molecule has 3 rings (SSSR count). The van der Waals surface area contributed by atoms with Crippen molar-refractivity contribution >= 4 is 39.2 Å². The van der Waals surface area contributed by atoms with Gasteiger partial charge in [-0.15, -0.1) is 0 Å². The van der Waals surface area contributed by atoms with Gasteiger partial charge in [0.1, 0.15) is 0 Å². The summed E-state index contributed by atoms with van der Waals surface area (Å²) in [7, 11) is 0. The Morgan fingerprint density at radius 3 is 2.83 bits per heavy atom. The molecule has 1 amide bonds. The molecule has 3 aromatic rings. The van der Waals surface area contributed by atoms with Gasteiger partial charge in [0.2, 0.25) is 5.91 Å². The Kier molecular flexibility index (Phi) is 4.26. The van der Waals surface area contributed by atoms with Gasteiger partial charge in [0.25, 0.3) is 0 Å². The van der Waals surface area contributed by atoms with E-state index < -0.39 is 0 Å². The second kappa shape index (κ2) is 6.37. The maximum Gasteiger partial charge on any atom is 0.246 e. The zero-order valence-corrected chi connectivity index (χ0v) is 13.3. The minimum absolute atomic E-state index is 0.0155. The number of hydrogen-bond donors (Lipinski definition) is 3. The third-order valence-electron chi connectivity index (χ3n) is 3.84. The van der Waals surface area contributed by atoms with Crippen molar-refractivity contribution in [3.05, 3.63) is 29.4 Å². The molecule has 0 spiro atoms. The molecule has 24 heavy (non-hydrogen) atoms. The highest BCUT2D eigenvalue weighted by Gasteiger charge is 2.15. The average molecular weight is 326 g/mol. The van der Waals surface area contributed by atoms with E-state index in [0.717, 1.165) is 10.8 Å². The Balaban J connectivity index is 2.31. The van der Waals surface area contributed by atoms with Gasteiger partial charge < -0.3 is 15.8 Å². The van der Waals surface area contributed by atoms with Gasteiger partial charge in [-0.3, -0.25) is 14.6 Å². The summed E-state index contributed by atoms with van der Waals surface area (Å²) in [6, 6.07) is 3.27. The third kappa shape index (κ3) is 2.74. The highest BCUT2D eigenvalue weighted by atomic mass is 16.3. The third-order valence-corrected chi connectivity index (χ3v) is 3.84. The maximum atomic E-state index is 12.1. The Hall–Kier alpha value is -2.80. The van der Waals surface area contributed by atoms with Crippen molar-refractivity contribution in [3.63, 3.8) is 0 Å². The van der Waals surface area contributed by atoms with Crippen LogP contribution in [0.3, 0.4) is 0 Å². The molecule has 0 saturated carbocycles. The lowest BCUT2D eigenvalue weighted by Gasteiger charge is -2.06. The number of Topliss-reactive ketones (excluding diaryl/α,β-unsaturated/α-hetero) is 1. The standard InChI is InChI=1S/C17H18N4O3/c1-2-3-14(24)20-12-7-10(18)16-15-9(8-19-16)6-11(21-17(12)15)13(23)4-5-22/h6-8,21-22H,2-5,18H2,1H3. The van der Waals surface area contributed by atoms with E-state index in [1.165, 1.54) is 0 Å². The number of hydrogen-bond acceptors (Lipinski definition) is 5. The zero-order chi connectivity index (χ0) is 17.3. The molecule has 0 atom stereocenters. The molecule has 0 aliphatic carbocycles. The number of carbonyl (C=O) groups excluding carboxylic acids is 2. The monoisotopic (exact) mass is 326 g/mol. The highest BCUT2D eigenvalue weighted by molar-refractivity contribution is 6.13. The number of aromatic nitrogens is 2. The molecular formula is C17H18N4O3. The van der Waals surface area contributed by atoms with E-state index in [4.69, 9.17) is 10.8 Å². The van der Waals surface area contributed by atoms with Gasteiger partial charge in [-0.25, -0.2) is 4.99 Å². The number of aliphatic hydroxyl groups is 1. The van der Waals surface area contributed by atoms with E-state index in [1.807, 2.05) is 6.92 Å². The number of aliphatic hydroxyl groups excluding tert-OH is 1. The summed E-state index contributed by atoms with van der Waals surface area (Å²) < 4.78 is 0. The second-order valence-electron chi connectivity index (χ2n) is 5.63.